The Balaban J connectivity index is 0.00000242. The van der Waals surface area contributed by atoms with Crippen molar-refractivity contribution < 1.29 is 42.8 Å². The van der Waals surface area contributed by atoms with E-state index in [9.17, 15) is 13.2 Å². The monoisotopic (exact) mass is 326 g/mol. The Morgan fingerprint density at radius 2 is 1.59 bits per heavy atom. The van der Waals surface area contributed by atoms with Gasteiger partial charge in [-0.25, -0.2) is 13.1 Å². The first-order valence-electron chi connectivity index (χ1n) is 6.26. The van der Waals surface area contributed by atoms with Gasteiger partial charge in [0.2, 0.25) is 0 Å². The van der Waals surface area contributed by atoms with E-state index in [1.165, 1.54) is 24.3 Å². The number of sulfonamides is 1. The zero-order valence-electron chi connectivity index (χ0n) is 12.7. The second-order valence-electron chi connectivity index (χ2n) is 4.76. The molecule has 0 aliphatic heterocycles. The molecule has 22 heavy (non-hydrogen) atoms. The van der Waals surface area contributed by atoms with Crippen LogP contribution < -0.4 is 34.3 Å². The number of hydrogen-bond acceptors (Lipinski definition) is 3. The zero-order valence-corrected chi connectivity index (χ0v) is 15.5. The average Bonchev–Trinajstić information content (AvgIpc) is 2.41. The van der Waals surface area contributed by atoms with Crippen LogP contribution in [0.4, 0.5) is 5.69 Å². The third-order valence-electron chi connectivity index (χ3n) is 3.16. The SMILES string of the molecule is Cc1ccc(C(=O)NS(=O)(=O)c2ccc([NH-])cc2)cc1C.[Na+]. The van der Waals surface area contributed by atoms with Gasteiger partial charge in [-0.2, -0.15) is 0 Å². The van der Waals surface area contributed by atoms with Crippen molar-refractivity contribution in [1.82, 2.24) is 4.72 Å². The van der Waals surface area contributed by atoms with Gasteiger partial charge in [0.25, 0.3) is 15.9 Å². The normalized spacial score (nSPS) is 10.6. The minimum Gasteiger partial charge on any atom is -0.699 e. The maximum atomic E-state index is 12.1. The summed E-state index contributed by atoms with van der Waals surface area (Å²) >= 11 is 0. The van der Waals surface area contributed by atoms with Crippen molar-refractivity contribution in [2.75, 3.05) is 0 Å². The smallest absolute Gasteiger partial charge is 0.699 e. The molecule has 5 nitrogen and oxygen atoms in total. The van der Waals surface area contributed by atoms with Crippen molar-refractivity contribution in [3.05, 3.63) is 64.9 Å². The Morgan fingerprint density at radius 1 is 1.00 bits per heavy atom. The first-order valence-corrected chi connectivity index (χ1v) is 7.74. The Bertz CT molecular complexity index is 787. The van der Waals surface area contributed by atoms with E-state index in [1.54, 1.807) is 18.2 Å². The van der Waals surface area contributed by atoms with Crippen LogP contribution in [0, 0.1) is 13.8 Å². The molecule has 2 aromatic rings. The molecule has 0 bridgehead atoms. The summed E-state index contributed by atoms with van der Waals surface area (Å²) in [5.74, 6) is -0.673. The third kappa shape index (κ3) is 4.33. The van der Waals surface area contributed by atoms with E-state index < -0.39 is 15.9 Å². The van der Waals surface area contributed by atoms with E-state index in [-0.39, 0.29) is 40.1 Å². The maximum Gasteiger partial charge on any atom is 1.00 e. The molecule has 2 N–H and O–H groups in total. The minimum atomic E-state index is -3.93. The number of carbonyl (C=O) groups excluding carboxylic acids is 1. The molecular formula is C15H15N2NaO3S. The molecule has 0 fully saturated rings. The molecule has 1 amide bonds. The predicted octanol–water partition coefficient (Wildman–Crippen LogP) is 0.110. The minimum absolute atomic E-state index is 0. The maximum absolute atomic E-state index is 12.1. The third-order valence-corrected chi connectivity index (χ3v) is 4.51. The molecule has 0 aromatic heterocycles. The van der Waals surface area contributed by atoms with E-state index in [1.807, 2.05) is 18.6 Å². The van der Waals surface area contributed by atoms with Crippen molar-refractivity contribution in [3.63, 3.8) is 0 Å². The van der Waals surface area contributed by atoms with Crippen LogP contribution in [0.1, 0.15) is 21.5 Å². The van der Waals surface area contributed by atoms with Gasteiger partial charge in [0.05, 0.1) is 4.90 Å². The Hall–Kier alpha value is -1.34. The van der Waals surface area contributed by atoms with Crippen LogP contribution in [-0.4, -0.2) is 14.3 Å². The van der Waals surface area contributed by atoms with E-state index in [2.05, 4.69) is 0 Å². The molecule has 0 aliphatic rings. The van der Waals surface area contributed by atoms with E-state index in [0.29, 0.717) is 5.56 Å². The van der Waals surface area contributed by atoms with Gasteiger partial charge in [-0.1, -0.05) is 18.2 Å². The van der Waals surface area contributed by atoms with Gasteiger partial charge in [-0.05, 0) is 49.2 Å². The number of aryl methyl sites for hydroxylation is 2. The number of amides is 1. The van der Waals surface area contributed by atoms with Crippen LogP contribution in [0.25, 0.3) is 5.73 Å². The van der Waals surface area contributed by atoms with Crippen molar-refractivity contribution in [1.29, 1.82) is 0 Å². The molecule has 110 valence electrons. The molecule has 7 heteroatoms. The van der Waals surface area contributed by atoms with Crippen LogP contribution in [0.5, 0.6) is 0 Å². The Morgan fingerprint density at radius 3 is 2.14 bits per heavy atom. The molecule has 0 spiro atoms. The molecule has 0 aliphatic carbocycles. The number of benzene rings is 2. The average molecular weight is 326 g/mol. The summed E-state index contributed by atoms with van der Waals surface area (Å²) in [4.78, 5) is 12.0. The van der Waals surface area contributed by atoms with Crippen LogP contribution in [0.2, 0.25) is 0 Å². The molecule has 0 unspecified atom stereocenters. The van der Waals surface area contributed by atoms with Crippen molar-refractivity contribution in [3.8, 4) is 0 Å². The fourth-order valence-electron chi connectivity index (χ4n) is 1.76. The van der Waals surface area contributed by atoms with Crippen LogP contribution in [0.3, 0.4) is 0 Å². The van der Waals surface area contributed by atoms with Crippen molar-refractivity contribution >= 4 is 21.6 Å². The van der Waals surface area contributed by atoms with Gasteiger partial charge in [0, 0.05) is 5.56 Å². The molecule has 0 atom stereocenters. The van der Waals surface area contributed by atoms with Gasteiger partial charge in [0.15, 0.2) is 0 Å². The number of carbonyl (C=O) groups is 1. The summed E-state index contributed by atoms with van der Waals surface area (Å²) in [6.45, 7) is 3.77. The van der Waals surface area contributed by atoms with Crippen molar-refractivity contribution in [2.24, 2.45) is 0 Å². The molecule has 0 radical (unpaired) electrons. The first kappa shape index (κ1) is 18.7. The molecule has 0 saturated carbocycles. The summed E-state index contributed by atoms with van der Waals surface area (Å²) < 4.78 is 26.2. The van der Waals surface area contributed by atoms with Gasteiger partial charge >= 0.3 is 29.6 Å². The summed E-state index contributed by atoms with van der Waals surface area (Å²) in [5, 5.41) is 0. The molecule has 2 aromatic carbocycles. The number of rotatable bonds is 3. The van der Waals surface area contributed by atoms with Crippen LogP contribution in [0.15, 0.2) is 47.4 Å². The predicted molar refractivity (Wildman–Crippen MR) is 81.0 cm³/mol. The Kier molecular flexibility index (Phi) is 6.19. The summed E-state index contributed by atoms with van der Waals surface area (Å²) in [7, 11) is -3.93. The van der Waals surface area contributed by atoms with E-state index >= 15 is 0 Å². The second-order valence-corrected chi connectivity index (χ2v) is 6.44. The quantitative estimate of drug-likeness (QED) is 0.812. The fourth-order valence-corrected chi connectivity index (χ4v) is 2.73. The van der Waals surface area contributed by atoms with Gasteiger partial charge in [-0.3, -0.25) is 4.79 Å². The molecule has 0 saturated heterocycles. The Labute approximate surface area is 152 Å². The topological polar surface area (TPSA) is 87.0 Å². The van der Waals surface area contributed by atoms with Crippen LogP contribution >= 0.6 is 0 Å². The fraction of sp³-hybridized carbons (Fsp3) is 0.133. The number of hydrogen-bond donors (Lipinski definition) is 1. The van der Waals surface area contributed by atoms with Gasteiger partial charge in [-0.15, -0.1) is 5.69 Å². The first-order chi connectivity index (χ1) is 9.79. The summed E-state index contributed by atoms with van der Waals surface area (Å²) in [6.07, 6.45) is 0. The second kappa shape index (κ2) is 7.28. The zero-order chi connectivity index (χ0) is 15.6. The molecule has 0 heterocycles. The molecular weight excluding hydrogens is 311 g/mol. The van der Waals surface area contributed by atoms with E-state index in [0.717, 1.165) is 11.1 Å². The van der Waals surface area contributed by atoms with Crippen LogP contribution in [-0.2, 0) is 10.0 Å². The van der Waals surface area contributed by atoms with Gasteiger partial charge in [0.1, 0.15) is 0 Å². The van der Waals surface area contributed by atoms with E-state index in [4.69, 9.17) is 5.73 Å². The standard InChI is InChI=1S/C15H15N2O3S.Na/c1-10-3-4-12(9-11(10)2)15(18)17-21(19,20)14-7-5-13(16)6-8-14;/h3-9,16H,1-2H3,(H,17,18);/q-1;+1. The van der Waals surface area contributed by atoms with Gasteiger partial charge < -0.3 is 5.73 Å². The largest absolute Gasteiger partial charge is 1.00 e. The summed E-state index contributed by atoms with van der Waals surface area (Å²) in [6, 6.07) is 10.3. The summed E-state index contributed by atoms with van der Waals surface area (Å²) in [5.41, 5.74) is 9.77. The number of nitrogens with one attached hydrogen (secondary N) is 2. The van der Waals surface area contributed by atoms with Crippen molar-refractivity contribution in [2.45, 2.75) is 18.7 Å². The molecule has 2 rings (SSSR count).